The molecule has 5 nitrogen and oxygen atoms in total. The van der Waals surface area contributed by atoms with Crippen molar-refractivity contribution < 1.29 is 18.3 Å². The Morgan fingerprint density at radius 2 is 1.89 bits per heavy atom. The molecule has 0 fully saturated rings. The van der Waals surface area contributed by atoms with Gasteiger partial charge >= 0.3 is 5.97 Å². The highest BCUT2D eigenvalue weighted by molar-refractivity contribution is 7.89. The molecule has 106 valence electrons. The van der Waals surface area contributed by atoms with Gasteiger partial charge in [0.15, 0.2) is 0 Å². The summed E-state index contributed by atoms with van der Waals surface area (Å²) in [7, 11) is -3.69. The Morgan fingerprint density at radius 3 is 2.37 bits per heavy atom. The van der Waals surface area contributed by atoms with Gasteiger partial charge in [-0.25, -0.2) is 17.9 Å². The fourth-order valence-electron chi connectivity index (χ4n) is 1.76. The lowest BCUT2D eigenvalue weighted by Gasteiger charge is -2.15. The number of hydrogen-bond acceptors (Lipinski definition) is 3. The van der Waals surface area contributed by atoms with Gasteiger partial charge in [0.25, 0.3) is 0 Å². The molecule has 0 bridgehead atoms. The predicted octanol–water partition coefficient (Wildman–Crippen LogP) is 2.08. The van der Waals surface area contributed by atoms with Gasteiger partial charge < -0.3 is 5.11 Å². The van der Waals surface area contributed by atoms with Gasteiger partial charge in [-0.3, -0.25) is 0 Å². The van der Waals surface area contributed by atoms with Gasteiger partial charge in [-0.05, 0) is 44.4 Å². The minimum atomic E-state index is -3.69. The van der Waals surface area contributed by atoms with Crippen LogP contribution in [0, 0.1) is 13.8 Å². The molecular weight excluding hydrogens is 266 g/mol. The summed E-state index contributed by atoms with van der Waals surface area (Å²) >= 11 is 0. The monoisotopic (exact) mass is 285 g/mol. The summed E-state index contributed by atoms with van der Waals surface area (Å²) in [5, 5.41) is 9.06. The van der Waals surface area contributed by atoms with E-state index in [-0.39, 0.29) is 16.5 Å². The van der Waals surface area contributed by atoms with E-state index in [1.807, 2.05) is 6.92 Å². The van der Waals surface area contributed by atoms with Crippen molar-refractivity contribution in [2.75, 3.05) is 0 Å². The van der Waals surface area contributed by atoms with E-state index < -0.39 is 16.0 Å². The maximum atomic E-state index is 12.2. The average molecular weight is 285 g/mol. The van der Waals surface area contributed by atoms with Crippen LogP contribution in [0.25, 0.3) is 0 Å². The first-order valence-corrected chi connectivity index (χ1v) is 7.54. The first-order valence-electron chi connectivity index (χ1n) is 6.06. The van der Waals surface area contributed by atoms with Gasteiger partial charge in [-0.1, -0.05) is 13.0 Å². The van der Waals surface area contributed by atoms with E-state index in [0.29, 0.717) is 17.5 Å². The fourth-order valence-corrected chi connectivity index (χ4v) is 3.34. The molecule has 0 aliphatic carbocycles. The molecule has 0 heterocycles. The van der Waals surface area contributed by atoms with Crippen LogP contribution in [0.2, 0.25) is 0 Å². The molecule has 19 heavy (non-hydrogen) atoms. The van der Waals surface area contributed by atoms with Crippen molar-refractivity contribution in [1.82, 2.24) is 4.72 Å². The lowest BCUT2D eigenvalue weighted by atomic mass is 10.1. The van der Waals surface area contributed by atoms with Crippen molar-refractivity contribution in [3.05, 3.63) is 28.8 Å². The van der Waals surface area contributed by atoms with E-state index in [1.165, 1.54) is 6.07 Å². The van der Waals surface area contributed by atoms with Crippen LogP contribution in [0.1, 0.15) is 41.8 Å². The van der Waals surface area contributed by atoms with Crippen LogP contribution in [0.15, 0.2) is 17.0 Å². The quantitative estimate of drug-likeness (QED) is 0.867. The maximum absolute atomic E-state index is 12.2. The normalized spacial score (nSPS) is 13.3. The Morgan fingerprint density at radius 1 is 1.32 bits per heavy atom. The fraction of sp³-hybridized carbons (Fsp3) is 0.462. The summed E-state index contributed by atoms with van der Waals surface area (Å²) in [6.45, 7) is 6.94. The topological polar surface area (TPSA) is 83.5 Å². The summed E-state index contributed by atoms with van der Waals surface area (Å²) in [6, 6.07) is 2.60. The van der Waals surface area contributed by atoms with Gasteiger partial charge in [-0.15, -0.1) is 0 Å². The number of sulfonamides is 1. The molecule has 0 aliphatic heterocycles. The van der Waals surface area contributed by atoms with Crippen LogP contribution in [-0.4, -0.2) is 25.5 Å². The Labute approximate surface area is 113 Å². The molecule has 0 aliphatic rings. The molecule has 0 spiro atoms. The van der Waals surface area contributed by atoms with Gasteiger partial charge in [0.05, 0.1) is 10.5 Å². The van der Waals surface area contributed by atoms with Crippen molar-refractivity contribution in [3.63, 3.8) is 0 Å². The largest absolute Gasteiger partial charge is 0.478 e. The number of aromatic carboxylic acids is 1. The third kappa shape index (κ3) is 3.54. The Balaban J connectivity index is 3.34. The predicted molar refractivity (Wildman–Crippen MR) is 72.9 cm³/mol. The van der Waals surface area contributed by atoms with Crippen LogP contribution in [-0.2, 0) is 10.0 Å². The van der Waals surface area contributed by atoms with E-state index in [2.05, 4.69) is 4.72 Å². The van der Waals surface area contributed by atoms with Gasteiger partial charge in [0, 0.05) is 6.04 Å². The van der Waals surface area contributed by atoms with E-state index in [4.69, 9.17) is 5.11 Å². The number of nitrogens with one attached hydrogen (secondary N) is 1. The lowest BCUT2D eigenvalue weighted by Crippen LogP contribution is -2.32. The number of carboxylic acids is 1. The maximum Gasteiger partial charge on any atom is 0.335 e. The Bertz CT molecular complexity index is 593. The second kappa shape index (κ2) is 5.71. The molecule has 1 aromatic rings. The van der Waals surface area contributed by atoms with Crippen molar-refractivity contribution in [2.45, 2.75) is 45.1 Å². The van der Waals surface area contributed by atoms with Gasteiger partial charge in [0.2, 0.25) is 10.0 Å². The minimum Gasteiger partial charge on any atom is -0.478 e. The molecule has 0 radical (unpaired) electrons. The number of carboxylic acid groups (broad SMARTS) is 1. The second-order valence-corrected chi connectivity index (χ2v) is 6.35. The third-order valence-electron chi connectivity index (χ3n) is 3.01. The van der Waals surface area contributed by atoms with Crippen molar-refractivity contribution in [2.24, 2.45) is 0 Å². The minimum absolute atomic E-state index is 0.00938. The molecule has 0 aromatic heterocycles. The van der Waals surface area contributed by atoms with Gasteiger partial charge in [0.1, 0.15) is 0 Å². The summed E-state index contributed by atoms with van der Waals surface area (Å²) in [6.07, 6.45) is 0.663. The summed E-state index contributed by atoms with van der Waals surface area (Å²) in [5.41, 5.74) is 1.10. The number of carbonyl (C=O) groups is 1. The van der Waals surface area contributed by atoms with Crippen LogP contribution >= 0.6 is 0 Å². The first kappa shape index (κ1) is 15.7. The SMILES string of the molecule is CCC(C)NS(=O)(=O)c1cc(C(=O)O)c(C)cc1C. The van der Waals surface area contributed by atoms with E-state index in [9.17, 15) is 13.2 Å². The average Bonchev–Trinajstić information content (AvgIpc) is 2.27. The van der Waals surface area contributed by atoms with E-state index in [0.717, 1.165) is 0 Å². The molecule has 0 saturated carbocycles. The molecule has 2 N–H and O–H groups in total. The zero-order valence-corrected chi connectivity index (χ0v) is 12.3. The summed E-state index contributed by atoms with van der Waals surface area (Å²) < 4.78 is 26.9. The molecule has 0 amide bonds. The molecule has 1 unspecified atom stereocenters. The smallest absolute Gasteiger partial charge is 0.335 e. The highest BCUT2D eigenvalue weighted by Gasteiger charge is 2.21. The molecule has 1 aromatic carbocycles. The van der Waals surface area contributed by atoms with Crippen LogP contribution in [0.5, 0.6) is 0 Å². The molecule has 0 saturated heterocycles. The zero-order chi connectivity index (χ0) is 14.8. The summed E-state index contributed by atoms with van der Waals surface area (Å²) in [5.74, 6) is -1.13. The summed E-state index contributed by atoms with van der Waals surface area (Å²) in [4.78, 5) is 11.1. The zero-order valence-electron chi connectivity index (χ0n) is 11.5. The number of hydrogen-bond donors (Lipinski definition) is 2. The Kier molecular flexibility index (Phi) is 4.70. The first-order chi connectivity index (χ1) is 8.69. The number of rotatable bonds is 5. The van der Waals surface area contributed by atoms with Gasteiger partial charge in [-0.2, -0.15) is 0 Å². The Hall–Kier alpha value is -1.40. The third-order valence-corrected chi connectivity index (χ3v) is 4.74. The van der Waals surface area contributed by atoms with Crippen molar-refractivity contribution >= 4 is 16.0 Å². The lowest BCUT2D eigenvalue weighted by molar-refractivity contribution is 0.0696. The van der Waals surface area contributed by atoms with Crippen molar-refractivity contribution in [1.29, 1.82) is 0 Å². The highest BCUT2D eigenvalue weighted by atomic mass is 32.2. The van der Waals surface area contributed by atoms with Crippen LogP contribution in [0.3, 0.4) is 0 Å². The molecule has 6 heteroatoms. The van der Waals surface area contributed by atoms with Crippen LogP contribution in [0.4, 0.5) is 0 Å². The van der Waals surface area contributed by atoms with Crippen LogP contribution < -0.4 is 4.72 Å². The second-order valence-electron chi connectivity index (χ2n) is 4.67. The molecular formula is C13H19NO4S. The van der Waals surface area contributed by atoms with E-state index >= 15 is 0 Å². The highest BCUT2D eigenvalue weighted by Crippen LogP contribution is 2.21. The van der Waals surface area contributed by atoms with E-state index in [1.54, 1.807) is 26.8 Å². The number of aryl methyl sites for hydroxylation is 2. The standard InChI is InChI=1S/C13H19NO4S/c1-5-10(4)14-19(17,18)12-7-11(13(15)16)8(2)6-9(12)3/h6-7,10,14H,5H2,1-4H3,(H,15,16). The molecule has 1 rings (SSSR count). The number of benzene rings is 1. The molecule has 1 atom stereocenters. The van der Waals surface area contributed by atoms with Crippen molar-refractivity contribution in [3.8, 4) is 0 Å².